The number of hydrogen-bond acceptors (Lipinski definition) is 4. The molecule has 0 bridgehead atoms. The fourth-order valence-corrected chi connectivity index (χ4v) is 4.44. The lowest BCUT2D eigenvalue weighted by Gasteiger charge is -2.43. The van der Waals surface area contributed by atoms with Crippen molar-refractivity contribution in [2.45, 2.75) is 38.8 Å². The summed E-state index contributed by atoms with van der Waals surface area (Å²) in [7, 11) is 0. The molecule has 0 spiro atoms. The zero-order valence-electron chi connectivity index (χ0n) is 16.4. The topological polar surface area (TPSA) is 84.2 Å². The SMILES string of the molecule is CC1(C)CC(c2ccc(Cl)cc2)=C(CN2CCN(C(=O)O)CC2CO)C(O)C1. The number of halogens is 1. The van der Waals surface area contributed by atoms with Gasteiger partial charge in [-0.1, -0.05) is 37.6 Å². The molecule has 6 nitrogen and oxygen atoms in total. The number of piperazine rings is 1. The summed E-state index contributed by atoms with van der Waals surface area (Å²) in [5.74, 6) is 0. The molecule has 28 heavy (non-hydrogen) atoms. The Morgan fingerprint density at radius 2 is 1.93 bits per heavy atom. The number of carboxylic acid groups (broad SMARTS) is 1. The molecule has 1 aromatic rings. The van der Waals surface area contributed by atoms with Crippen LogP contribution in [-0.2, 0) is 0 Å². The first-order chi connectivity index (χ1) is 13.2. The minimum Gasteiger partial charge on any atom is -0.465 e. The number of amides is 1. The van der Waals surface area contributed by atoms with Crippen LogP contribution in [0.4, 0.5) is 4.79 Å². The van der Waals surface area contributed by atoms with E-state index in [4.69, 9.17) is 11.6 Å². The van der Waals surface area contributed by atoms with Gasteiger partial charge in [0.05, 0.1) is 18.8 Å². The third-order valence-corrected chi connectivity index (χ3v) is 6.10. The van der Waals surface area contributed by atoms with Crippen LogP contribution in [-0.4, -0.2) is 76.1 Å². The molecule has 3 rings (SSSR count). The summed E-state index contributed by atoms with van der Waals surface area (Å²) in [4.78, 5) is 14.7. The van der Waals surface area contributed by atoms with Gasteiger partial charge in [-0.05, 0) is 47.1 Å². The zero-order valence-corrected chi connectivity index (χ0v) is 17.2. The largest absolute Gasteiger partial charge is 0.465 e. The molecule has 2 atom stereocenters. The smallest absolute Gasteiger partial charge is 0.407 e. The molecule has 0 saturated carbocycles. The summed E-state index contributed by atoms with van der Waals surface area (Å²) in [6.45, 7) is 5.93. The maximum Gasteiger partial charge on any atom is 0.407 e. The molecule has 0 radical (unpaired) electrons. The van der Waals surface area contributed by atoms with Crippen molar-refractivity contribution in [3.05, 3.63) is 40.4 Å². The minimum atomic E-state index is -0.960. The van der Waals surface area contributed by atoms with Crippen LogP contribution in [0.25, 0.3) is 5.57 Å². The second-order valence-corrected chi connectivity index (χ2v) is 9.04. The lowest BCUT2D eigenvalue weighted by atomic mass is 9.71. The molecule has 1 saturated heterocycles. The van der Waals surface area contributed by atoms with E-state index in [0.29, 0.717) is 31.1 Å². The number of aliphatic hydroxyl groups excluding tert-OH is 2. The third-order valence-electron chi connectivity index (χ3n) is 5.84. The van der Waals surface area contributed by atoms with Gasteiger partial charge in [-0.25, -0.2) is 4.79 Å². The van der Waals surface area contributed by atoms with Crippen LogP contribution in [0.2, 0.25) is 5.02 Å². The normalized spacial score (nSPS) is 25.8. The molecular weight excluding hydrogens is 380 g/mol. The Hall–Kier alpha value is -1.60. The van der Waals surface area contributed by atoms with Crippen LogP contribution in [0.1, 0.15) is 32.3 Å². The molecule has 1 amide bonds. The van der Waals surface area contributed by atoms with E-state index in [1.165, 1.54) is 4.90 Å². The Bertz CT molecular complexity index is 747. The van der Waals surface area contributed by atoms with Gasteiger partial charge in [-0.3, -0.25) is 4.90 Å². The van der Waals surface area contributed by atoms with Crippen molar-refractivity contribution >= 4 is 23.3 Å². The van der Waals surface area contributed by atoms with Gasteiger partial charge in [0, 0.05) is 31.2 Å². The van der Waals surface area contributed by atoms with Crippen molar-refractivity contribution in [1.82, 2.24) is 9.80 Å². The lowest BCUT2D eigenvalue weighted by molar-refractivity contribution is 0.0399. The highest BCUT2D eigenvalue weighted by Crippen LogP contribution is 2.43. The van der Waals surface area contributed by atoms with Gasteiger partial charge in [0.1, 0.15) is 0 Å². The molecular formula is C21H29ClN2O4. The third kappa shape index (κ3) is 4.69. The first kappa shape index (κ1) is 21.1. The number of benzene rings is 1. The highest BCUT2D eigenvalue weighted by molar-refractivity contribution is 6.30. The van der Waals surface area contributed by atoms with E-state index in [-0.39, 0.29) is 24.6 Å². The maximum atomic E-state index is 11.3. The van der Waals surface area contributed by atoms with E-state index in [9.17, 15) is 20.1 Å². The number of hydrogen-bond donors (Lipinski definition) is 3. The Labute approximate surface area is 171 Å². The molecule has 1 aliphatic carbocycles. The first-order valence-corrected chi connectivity index (χ1v) is 10.1. The summed E-state index contributed by atoms with van der Waals surface area (Å²) in [6, 6.07) is 7.41. The Morgan fingerprint density at radius 1 is 1.25 bits per heavy atom. The molecule has 7 heteroatoms. The average Bonchev–Trinajstić information content (AvgIpc) is 2.64. The number of aliphatic hydroxyl groups is 2. The number of allylic oxidation sites excluding steroid dienone is 1. The van der Waals surface area contributed by atoms with Crippen molar-refractivity contribution in [2.24, 2.45) is 5.41 Å². The maximum absolute atomic E-state index is 11.3. The van der Waals surface area contributed by atoms with Crippen molar-refractivity contribution in [1.29, 1.82) is 0 Å². The number of rotatable bonds is 4. The monoisotopic (exact) mass is 408 g/mol. The van der Waals surface area contributed by atoms with Crippen molar-refractivity contribution < 1.29 is 20.1 Å². The van der Waals surface area contributed by atoms with E-state index >= 15 is 0 Å². The van der Waals surface area contributed by atoms with Gasteiger partial charge in [0.25, 0.3) is 0 Å². The van der Waals surface area contributed by atoms with Crippen LogP contribution in [0.5, 0.6) is 0 Å². The molecule has 3 N–H and O–H groups in total. The average molecular weight is 409 g/mol. The highest BCUT2D eigenvalue weighted by Gasteiger charge is 2.36. The number of nitrogens with zero attached hydrogens (tertiary/aromatic N) is 2. The fraction of sp³-hybridized carbons (Fsp3) is 0.571. The van der Waals surface area contributed by atoms with Gasteiger partial charge in [-0.15, -0.1) is 0 Å². The quantitative estimate of drug-likeness (QED) is 0.713. The van der Waals surface area contributed by atoms with E-state index < -0.39 is 12.2 Å². The second-order valence-electron chi connectivity index (χ2n) is 8.61. The molecule has 0 aromatic heterocycles. The molecule has 154 valence electrons. The lowest BCUT2D eigenvalue weighted by Crippen LogP contribution is -2.56. The summed E-state index contributed by atoms with van der Waals surface area (Å²) >= 11 is 6.05. The highest BCUT2D eigenvalue weighted by atomic mass is 35.5. The molecule has 2 aliphatic rings. The van der Waals surface area contributed by atoms with E-state index in [1.807, 2.05) is 24.3 Å². The van der Waals surface area contributed by atoms with Crippen LogP contribution in [0.3, 0.4) is 0 Å². The Balaban J connectivity index is 1.91. The predicted molar refractivity (Wildman–Crippen MR) is 109 cm³/mol. The molecule has 1 heterocycles. The van der Waals surface area contributed by atoms with Crippen molar-refractivity contribution in [3.63, 3.8) is 0 Å². The predicted octanol–water partition coefficient (Wildman–Crippen LogP) is 2.93. The van der Waals surface area contributed by atoms with E-state index in [0.717, 1.165) is 23.1 Å². The summed E-state index contributed by atoms with van der Waals surface area (Å²) in [6.07, 6.45) is 0.00276. The molecule has 1 fully saturated rings. The number of carbonyl (C=O) groups is 1. The van der Waals surface area contributed by atoms with Gasteiger partial charge >= 0.3 is 6.09 Å². The second kappa shape index (κ2) is 8.41. The summed E-state index contributed by atoms with van der Waals surface area (Å²) in [5, 5.41) is 30.7. The first-order valence-electron chi connectivity index (χ1n) is 9.69. The minimum absolute atomic E-state index is 0.0176. The summed E-state index contributed by atoms with van der Waals surface area (Å²) < 4.78 is 0. The van der Waals surface area contributed by atoms with E-state index in [1.54, 1.807) is 0 Å². The summed E-state index contributed by atoms with van der Waals surface area (Å²) in [5.41, 5.74) is 3.12. The van der Waals surface area contributed by atoms with Gasteiger partial charge in [-0.2, -0.15) is 0 Å². The van der Waals surface area contributed by atoms with Crippen LogP contribution >= 0.6 is 11.6 Å². The van der Waals surface area contributed by atoms with Gasteiger partial charge in [0.15, 0.2) is 0 Å². The molecule has 2 unspecified atom stereocenters. The zero-order chi connectivity index (χ0) is 20.5. The fourth-order valence-electron chi connectivity index (χ4n) is 4.32. The van der Waals surface area contributed by atoms with Crippen molar-refractivity contribution in [3.8, 4) is 0 Å². The molecule has 1 aliphatic heterocycles. The van der Waals surface area contributed by atoms with E-state index in [2.05, 4.69) is 18.7 Å². The van der Waals surface area contributed by atoms with Crippen LogP contribution in [0, 0.1) is 5.41 Å². The Kier molecular flexibility index (Phi) is 6.34. The van der Waals surface area contributed by atoms with Crippen LogP contribution < -0.4 is 0 Å². The van der Waals surface area contributed by atoms with Gasteiger partial charge < -0.3 is 20.2 Å². The standard InChI is InChI=1S/C21H29ClN2O4/c1-21(2)9-17(14-3-5-15(22)6-4-14)18(19(26)10-21)12-23-7-8-24(20(27)28)11-16(23)13-25/h3-6,16,19,25-26H,7-13H2,1-2H3,(H,27,28). The van der Waals surface area contributed by atoms with Crippen LogP contribution in [0.15, 0.2) is 29.8 Å². The Morgan fingerprint density at radius 3 is 2.54 bits per heavy atom. The van der Waals surface area contributed by atoms with Crippen molar-refractivity contribution in [2.75, 3.05) is 32.8 Å². The van der Waals surface area contributed by atoms with Gasteiger partial charge in [0.2, 0.25) is 0 Å². The molecule has 1 aromatic carbocycles.